The fourth-order valence-electron chi connectivity index (χ4n) is 5.35. The lowest BCUT2D eigenvalue weighted by molar-refractivity contribution is -0.140. The van der Waals surface area contributed by atoms with Crippen molar-refractivity contribution in [1.29, 1.82) is 0 Å². The molecule has 0 amide bonds. The van der Waals surface area contributed by atoms with Crippen LogP contribution in [0.5, 0.6) is 0 Å². The van der Waals surface area contributed by atoms with Crippen LogP contribution in [0.3, 0.4) is 0 Å². The van der Waals surface area contributed by atoms with Crippen LogP contribution < -0.4 is 0 Å². The minimum atomic E-state index is -1.19. The van der Waals surface area contributed by atoms with Crippen molar-refractivity contribution in [1.82, 2.24) is 0 Å². The summed E-state index contributed by atoms with van der Waals surface area (Å²) in [6, 6.07) is 0. The van der Waals surface area contributed by atoms with Gasteiger partial charge < -0.3 is 9.16 Å². The van der Waals surface area contributed by atoms with E-state index in [0.29, 0.717) is 24.0 Å². The normalized spacial score (nSPS) is 21.2. The van der Waals surface area contributed by atoms with Crippen molar-refractivity contribution in [3.05, 3.63) is 0 Å². The summed E-state index contributed by atoms with van der Waals surface area (Å²) < 4.78 is 11.4. The van der Waals surface area contributed by atoms with Crippen LogP contribution in [0.15, 0.2) is 0 Å². The Bertz CT molecular complexity index is 540. The zero-order chi connectivity index (χ0) is 24.1. The topological polar surface area (TPSA) is 52.6 Å². The summed E-state index contributed by atoms with van der Waals surface area (Å²) in [7, 11) is 0.256. The van der Waals surface area contributed by atoms with Gasteiger partial charge in [-0.15, -0.1) is 0 Å². The number of methoxy groups -OCH3 is 1. The van der Waals surface area contributed by atoms with Gasteiger partial charge in [0.05, 0.1) is 7.11 Å². The quantitative estimate of drug-likeness (QED) is 0.138. The van der Waals surface area contributed by atoms with Crippen LogP contribution >= 0.6 is 0 Å². The Morgan fingerprint density at radius 1 is 1.09 bits per heavy atom. The van der Waals surface area contributed by atoms with Gasteiger partial charge in [-0.2, -0.15) is 0 Å². The molecule has 5 heteroatoms. The van der Waals surface area contributed by atoms with Gasteiger partial charge in [0.1, 0.15) is 5.78 Å². The molecule has 188 valence electrons. The first-order valence-corrected chi connectivity index (χ1v) is 16.1. The predicted octanol–water partition coefficient (Wildman–Crippen LogP) is 7.10. The van der Waals surface area contributed by atoms with Gasteiger partial charge in [0.25, 0.3) is 0 Å². The average Bonchev–Trinajstić information content (AvgIpc) is 3.08. The van der Waals surface area contributed by atoms with Gasteiger partial charge in [-0.1, -0.05) is 66.2 Å². The first-order valence-electron chi connectivity index (χ1n) is 13.3. The Hall–Kier alpha value is -0.683. The van der Waals surface area contributed by atoms with Crippen LogP contribution in [0.1, 0.15) is 111 Å². The molecular formula is C27H52O4Si. The molecule has 0 heterocycles. The molecule has 0 bridgehead atoms. The van der Waals surface area contributed by atoms with Gasteiger partial charge in [-0.3, -0.25) is 9.59 Å². The third-order valence-electron chi connectivity index (χ3n) is 7.35. The van der Waals surface area contributed by atoms with E-state index in [9.17, 15) is 9.59 Å². The number of rotatable bonds is 16. The third-order valence-corrected chi connectivity index (χ3v) is 8.24. The minimum Gasteiger partial charge on any atom is -0.469 e. The van der Waals surface area contributed by atoms with Crippen molar-refractivity contribution in [3.8, 4) is 0 Å². The lowest BCUT2D eigenvalue weighted by atomic mass is 9.72. The average molecular weight is 469 g/mol. The number of carbonyl (C=O) groups is 2. The van der Waals surface area contributed by atoms with Crippen LogP contribution in [0, 0.1) is 23.2 Å². The third kappa shape index (κ3) is 11.0. The molecule has 32 heavy (non-hydrogen) atoms. The molecule has 0 aliphatic heterocycles. The van der Waals surface area contributed by atoms with E-state index in [4.69, 9.17) is 9.16 Å². The maximum atomic E-state index is 12.8. The van der Waals surface area contributed by atoms with Gasteiger partial charge in [0.2, 0.25) is 0 Å². The van der Waals surface area contributed by atoms with E-state index in [1.165, 1.54) is 32.8 Å². The Labute approximate surface area is 200 Å². The zero-order valence-electron chi connectivity index (χ0n) is 22.2. The van der Waals surface area contributed by atoms with Crippen molar-refractivity contribution in [2.24, 2.45) is 23.2 Å². The Kier molecular flexibility index (Phi) is 14.0. The molecular weight excluding hydrogens is 416 g/mol. The maximum absolute atomic E-state index is 12.8. The molecule has 0 spiro atoms. The second-order valence-electron chi connectivity index (χ2n) is 11.3. The minimum absolute atomic E-state index is 0.124. The molecule has 1 aliphatic carbocycles. The van der Waals surface area contributed by atoms with Gasteiger partial charge in [0.15, 0.2) is 9.04 Å². The predicted molar refractivity (Wildman–Crippen MR) is 136 cm³/mol. The maximum Gasteiger partial charge on any atom is 0.305 e. The smallest absolute Gasteiger partial charge is 0.305 e. The molecule has 4 nitrogen and oxygen atoms in total. The second-order valence-corrected chi connectivity index (χ2v) is 13.7. The highest BCUT2D eigenvalue weighted by Crippen LogP contribution is 2.42. The lowest BCUT2D eigenvalue weighted by Gasteiger charge is -2.38. The molecule has 0 aromatic carbocycles. The Balaban J connectivity index is 2.73. The molecule has 0 aromatic heterocycles. The van der Waals surface area contributed by atoms with E-state index in [0.717, 1.165) is 51.4 Å². The van der Waals surface area contributed by atoms with E-state index in [2.05, 4.69) is 40.8 Å². The molecule has 1 saturated carbocycles. The summed E-state index contributed by atoms with van der Waals surface area (Å²) in [6.07, 6.45) is 13.7. The molecule has 0 N–H and O–H groups in total. The van der Waals surface area contributed by atoms with Crippen molar-refractivity contribution in [2.45, 2.75) is 130 Å². The number of ketones is 1. The summed E-state index contributed by atoms with van der Waals surface area (Å²) in [4.78, 5) is 24.1. The lowest BCUT2D eigenvalue weighted by Crippen LogP contribution is -2.36. The Morgan fingerprint density at radius 2 is 1.78 bits per heavy atom. The summed E-state index contributed by atoms with van der Waals surface area (Å²) in [5.74, 6) is 1.54. The molecule has 0 radical (unpaired) electrons. The largest absolute Gasteiger partial charge is 0.469 e. The van der Waals surface area contributed by atoms with Gasteiger partial charge in [-0.25, -0.2) is 0 Å². The fourth-order valence-corrected chi connectivity index (χ4v) is 6.36. The van der Waals surface area contributed by atoms with Crippen LogP contribution in [0.2, 0.25) is 13.1 Å². The van der Waals surface area contributed by atoms with E-state index < -0.39 is 9.04 Å². The zero-order valence-corrected chi connectivity index (χ0v) is 23.4. The number of esters is 1. The van der Waals surface area contributed by atoms with Crippen LogP contribution in [0.25, 0.3) is 0 Å². The van der Waals surface area contributed by atoms with E-state index in [-0.39, 0.29) is 23.4 Å². The highest BCUT2D eigenvalue weighted by atomic mass is 28.3. The summed E-state index contributed by atoms with van der Waals surface area (Å²) in [5.41, 5.74) is 0.269. The van der Waals surface area contributed by atoms with Crippen molar-refractivity contribution >= 4 is 20.8 Å². The van der Waals surface area contributed by atoms with Gasteiger partial charge >= 0.3 is 5.97 Å². The van der Waals surface area contributed by atoms with Crippen LogP contribution in [0.4, 0.5) is 0 Å². The first-order chi connectivity index (χ1) is 15.1. The molecule has 0 aromatic rings. The highest BCUT2D eigenvalue weighted by Gasteiger charge is 2.41. The van der Waals surface area contributed by atoms with Gasteiger partial charge in [0, 0.05) is 24.9 Å². The van der Waals surface area contributed by atoms with Crippen molar-refractivity contribution in [2.75, 3.05) is 7.11 Å². The molecule has 0 saturated heterocycles. The highest BCUT2D eigenvalue weighted by molar-refractivity contribution is 6.48. The second kappa shape index (κ2) is 15.3. The number of carbonyl (C=O) groups excluding carboxylic acids is 2. The van der Waals surface area contributed by atoms with Crippen molar-refractivity contribution < 1.29 is 18.8 Å². The number of hydrogen-bond donors (Lipinski definition) is 0. The molecule has 4 unspecified atom stereocenters. The first kappa shape index (κ1) is 29.3. The van der Waals surface area contributed by atoms with Crippen LogP contribution in [-0.2, 0) is 18.8 Å². The van der Waals surface area contributed by atoms with Gasteiger partial charge in [-0.05, 0) is 62.4 Å². The fraction of sp³-hybridized carbons (Fsp3) is 0.926. The SMILES string of the molecule is CCCCCC(CC(O[SiH](C)C)C1CCC(=O)C1CCCCCCC(=O)OC)C(C)(C)C. The number of hydrogen-bond acceptors (Lipinski definition) is 4. The molecule has 1 aliphatic rings. The monoisotopic (exact) mass is 468 g/mol. The summed E-state index contributed by atoms with van der Waals surface area (Å²) >= 11 is 0. The van der Waals surface area contributed by atoms with E-state index >= 15 is 0 Å². The van der Waals surface area contributed by atoms with Crippen molar-refractivity contribution in [3.63, 3.8) is 0 Å². The number of Topliss-reactive ketones (excluding diaryl/α,β-unsaturated/α-hetero) is 1. The summed E-state index contributed by atoms with van der Waals surface area (Å²) in [5, 5.41) is 0. The summed E-state index contributed by atoms with van der Waals surface area (Å²) in [6.45, 7) is 13.9. The molecule has 4 atom stereocenters. The molecule has 1 rings (SSSR count). The van der Waals surface area contributed by atoms with E-state index in [1.807, 2.05) is 0 Å². The number of ether oxygens (including phenoxy) is 1. The van der Waals surface area contributed by atoms with Crippen LogP contribution in [-0.4, -0.2) is 34.0 Å². The Morgan fingerprint density at radius 3 is 2.38 bits per heavy atom. The number of unbranched alkanes of at least 4 members (excludes halogenated alkanes) is 5. The van der Waals surface area contributed by atoms with E-state index in [1.54, 1.807) is 0 Å². The standard InChI is InChI=1S/C27H52O4Si/c1-8-9-12-15-21(27(2,3)4)20-25(31-32(6)7)23-18-19-24(28)22(23)16-13-10-11-14-17-26(29)30-5/h21-23,25,32H,8-20H2,1-7H3. The molecule has 1 fully saturated rings.